The fraction of sp³-hybridized carbons (Fsp3) is 0.263. The predicted octanol–water partition coefficient (Wildman–Crippen LogP) is 1.32. The molecule has 2 aliphatic rings. The molecule has 0 saturated carbocycles. The van der Waals surface area contributed by atoms with Gasteiger partial charge in [-0.1, -0.05) is 18.2 Å². The Morgan fingerprint density at radius 3 is 2.36 bits per heavy atom. The van der Waals surface area contributed by atoms with Gasteiger partial charge in [-0.15, -0.1) is 0 Å². The SMILES string of the molecule is O=C1C(=O)N(CN2CCN(S(=O)(=O)c3cccc(F)c3)CC2)c2ccccc21. The number of benzene rings is 2. The van der Waals surface area contributed by atoms with Gasteiger partial charge in [0, 0.05) is 26.2 Å². The van der Waals surface area contributed by atoms with E-state index in [1.165, 1.54) is 27.4 Å². The summed E-state index contributed by atoms with van der Waals surface area (Å²) < 4.78 is 40.1. The van der Waals surface area contributed by atoms with Crippen LogP contribution in [0.15, 0.2) is 53.4 Å². The van der Waals surface area contributed by atoms with E-state index in [9.17, 15) is 22.4 Å². The Labute approximate surface area is 162 Å². The van der Waals surface area contributed by atoms with Crippen molar-refractivity contribution in [3.63, 3.8) is 0 Å². The van der Waals surface area contributed by atoms with Gasteiger partial charge in [-0.05, 0) is 30.3 Å². The molecule has 4 rings (SSSR count). The van der Waals surface area contributed by atoms with Crippen molar-refractivity contribution in [3.8, 4) is 0 Å². The first kappa shape index (κ1) is 18.7. The molecule has 0 aliphatic carbocycles. The lowest BCUT2D eigenvalue weighted by molar-refractivity contribution is -0.114. The van der Waals surface area contributed by atoms with Crippen molar-refractivity contribution in [1.29, 1.82) is 0 Å². The van der Waals surface area contributed by atoms with E-state index in [0.717, 1.165) is 6.07 Å². The van der Waals surface area contributed by atoms with Crippen LogP contribution in [-0.4, -0.2) is 62.2 Å². The molecule has 0 N–H and O–H groups in total. The highest BCUT2D eigenvalue weighted by atomic mass is 32.2. The Balaban J connectivity index is 1.44. The minimum absolute atomic E-state index is 0.0739. The number of carbonyl (C=O) groups excluding carboxylic acids is 2. The molecular formula is C19H18FN3O4S. The van der Waals surface area contributed by atoms with Gasteiger partial charge < -0.3 is 0 Å². The number of hydrogen-bond donors (Lipinski definition) is 0. The van der Waals surface area contributed by atoms with E-state index in [0.29, 0.717) is 24.3 Å². The van der Waals surface area contributed by atoms with E-state index in [-0.39, 0.29) is 24.7 Å². The van der Waals surface area contributed by atoms with Gasteiger partial charge in [-0.2, -0.15) is 4.31 Å². The zero-order valence-corrected chi connectivity index (χ0v) is 15.7. The topological polar surface area (TPSA) is 78.0 Å². The number of hydrogen-bond acceptors (Lipinski definition) is 5. The van der Waals surface area contributed by atoms with Crippen molar-refractivity contribution in [2.45, 2.75) is 4.90 Å². The third-order valence-electron chi connectivity index (χ3n) is 4.99. The van der Waals surface area contributed by atoms with Gasteiger partial charge in [0.15, 0.2) is 0 Å². The fourth-order valence-electron chi connectivity index (χ4n) is 3.48. The second kappa shape index (κ2) is 7.08. The minimum Gasteiger partial charge on any atom is -0.291 e. The van der Waals surface area contributed by atoms with Crippen LogP contribution in [-0.2, 0) is 14.8 Å². The van der Waals surface area contributed by atoms with Crippen LogP contribution in [0.5, 0.6) is 0 Å². The van der Waals surface area contributed by atoms with Crippen LogP contribution in [0.3, 0.4) is 0 Å². The molecule has 0 aromatic heterocycles. The first-order valence-corrected chi connectivity index (χ1v) is 10.3. The van der Waals surface area contributed by atoms with Gasteiger partial charge >= 0.3 is 5.91 Å². The van der Waals surface area contributed by atoms with Crippen LogP contribution in [0.2, 0.25) is 0 Å². The summed E-state index contributed by atoms with van der Waals surface area (Å²) in [6, 6.07) is 11.8. The number of nitrogens with zero attached hydrogens (tertiary/aromatic N) is 3. The number of amides is 1. The van der Waals surface area contributed by atoms with E-state index < -0.39 is 27.5 Å². The number of anilines is 1. The van der Waals surface area contributed by atoms with Gasteiger partial charge in [0.2, 0.25) is 10.0 Å². The molecule has 146 valence electrons. The molecule has 0 unspecified atom stereocenters. The summed E-state index contributed by atoms with van der Waals surface area (Å²) in [4.78, 5) is 27.6. The molecule has 1 fully saturated rings. The van der Waals surface area contributed by atoms with Crippen molar-refractivity contribution < 1.29 is 22.4 Å². The molecule has 1 saturated heterocycles. The van der Waals surface area contributed by atoms with Gasteiger partial charge in [-0.25, -0.2) is 12.8 Å². The number of para-hydroxylation sites is 1. The Bertz CT molecular complexity index is 1050. The van der Waals surface area contributed by atoms with Crippen LogP contribution in [0.4, 0.5) is 10.1 Å². The molecule has 2 heterocycles. The van der Waals surface area contributed by atoms with Gasteiger partial charge in [0.1, 0.15) is 5.82 Å². The van der Waals surface area contributed by atoms with E-state index in [4.69, 9.17) is 0 Å². The second-order valence-corrected chi connectivity index (χ2v) is 8.64. The number of fused-ring (bicyclic) bond motifs is 1. The van der Waals surface area contributed by atoms with E-state index >= 15 is 0 Å². The minimum atomic E-state index is -3.77. The van der Waals surface area contributed by atoms with Gasteiger partial charge in [-0.3, -0.25) is 19.4 Å². The molecule has 7 nitrogen and oxygen atoms in total. The fourth-order valence-corrected chi connectivity index (χ4v) is 4.93. The maximum atomic E-state index is 13.4. The lowest BCUT2D eigenvalue weighted by Gasteiger charge is -2.35. The van der Waals surface area contributed by atoms with E-state index in [1.54, 1.807) is 24.3 Å². The van der Waals surface area contributed by atoms with Crippen molar-refractivity contribution in [1.82, 2.24) is 9.21 Å². The predicted molar refractivity (Wildman–Crippen MR) is 99.9 cm³/mol. The number of carbonyl (C=O) groups is 2. The molecular weight excluding hydrogens is 385 g/mol. The average molecular weight is 403 g/mol. The number of ketones is 1. The molecule has 1 amide bonds. The Morgan fingerprint density at radius 1 is 0.929 bits per heavy atom. The van der Waals surface area contributed by atoms with Crippen LogP contribution in [0, 0.1) is 5.82 Å². The van der Waals surface area contributed by atoms with Crippen molar-refractivity contribution >= 4 is 27.4 Å². The summed E-state index contributed by atoms with van der Waals surface area (Å²) in [6.45, 7) is 1.45. The van der Waals surface area contributed by atoms with Crippen LogP contribution >= 0.6 is 0 Å². The zero-order valence-electron chi connectivity index (χ0n) is 14.9. The standard InChI is InChI=1S/C19H18FN3O4S/c20-14-4-3-5-15(12-14)28(26,27)22-10-8-21(9-11-22)13-23-17-7-2-1-6-16(17)18(24)19(23)25/h1-7,12H,8-11,13H2. The highest BCUT2D eigenvalue weighted by Crippen LogP contribution is 2.29. The maximum Gasteiger partial charge on any atom is 0.300 e. The Hall–Kier alpha value is -2.62. The Kier molecular flexibility index (Phi) is 4.74. The van der Waals surface area contributed by atoms with Crippen LogP contribution < -0.4 is 4.90 Å². The van der Waals surface area contributed by atoms with Crippen molar-refractivity contribution in [3.05, 3.63) is 59.9 Å². The van der Waals surface area contributed by atoms with Crippen LogP contribution in [0.25, 0.3) is 0 Å². The largest absolute Gasteiger partial charge is 0.300 e. The van der Waals surface area contributed by atoms with E-state index in [1.807, 2.05) is 4.90 Å². The third-order valence-corrected chi connectivity index (χ3v) is 6.88. The average Bonchev–Trinajstić information content (AvgIpc) is 2.94. The highest BCUT2D eigenvalue weighted by molar-refractivity contribution is 7.89. The molecule has 0 bridgehead atoms. The first-order valence-electron chi connectivity index (χ1n) is 8.81. The number of Topliss-reactive ketones (excluding diaryl/α,β-unsaturated/α-hetero) is 1. The normalized spacial score (nSPS) is 18.5. The summed E-state index contributed by atoms with van der Waals surface area (Å²) >= 11 is 0. The zero-order chi connectivity index (χ0) is 19.9. The number of rotatable bonds is 4. The van der Waals surface area contributed by atoms with E-state index in [2.05, 4.69) is 0 Å². The molecule has 28 heavy (non-hydrogen) atoms. The highest BCUT2D eigenvalue weighted by Gasteiger charge is 2.37. The lowest BCUT2D eigenvalue weighted by atomic mass is 10.1. The van der Waals surface area contributed by atoms with Crippen molar-refractivity contribution in [2.24, 2.45) is 0 Å². The van der Waals surface area contributed by atoms with Crippen molar-refractivity contribution in [2.75, 3.05) is 37.7 Å². The molecule has 0 spiro atoms. The molecule has 2 aromatic carbocycles. The first-order chi connectivity index (χ1) is 13.4. The van der Waals surface area contributed by atoms with Crippen LogP contribution in [0.1, 0.15) is 10.4 Å². The lowest BCUT2D eigenvalue weighted by Crippen LogP contribution is -2.52. The number of halogens is 1. The smallest absolute Gasteiger partial charge is 0.291 e. The van der Waals surface area contributed by atoms with Gasteiger partial charge in [0.05, 0.1) is 22.8 Å². The van der Waals surface area contributed by atoms with Gasteiger partial charge in [0.25, 0.3) is 5.78 Å². The molecule has 2 aromatic rings. The summed E-state index contributed by atoms with van der Waals surface area (Å²) in [5, 5.41) is 0. The molecule has 9 heteroatoms. The molecule has 2 aliphatic heterocycles. The summed E-state index contributed by atoms with van der Waals surface area (Å²) in [5.41, 5.74) is 0.965. The Morgan fingerprint density at radius 2 is 1.64 bits per heavy atom. The molecule has 0 atom stereocenters. The summed E-state index contributed by atoms with van der Waals surface area (Å²) in [5.74, 6) is -1.70. The monoisotopic (exact) mass is 403 g/mol. The second-order valence-electron chi connectivity index (χ2n) is 6.70. The quantitative estimate of drug-likeness (QED) is 0.720. The maximum absolute atomic E-state index is 13.4. The molecule has 0 radical (unpaired) electrons. The summed E-state index contributed by atoms with van der Waals surface area (Å²) in [6.07, 6.45) is 0. The number of piperazine rings is 1. The number of sulfonamides is 1. The summed E-state index contributed by atoms with van der Waals surface area (Å²) in [7, 11) is -3.77. The third kappa shape index (κ3) is 3.21.